The summed E-state index contributed by atoms with van der Waals surface area (Å²) in [5.41, 5.74) is 14.9. The molecule has 0 fully saturated rings. The molecule has 63 heavy (non-hydrogen) atoms. The van der Waals surface area contributed by atoms with Gasteiger partial charge in [0.1, 0.15) is 11.2 Å². The lowest BCUT2D eigenvalue weighted by molar-refractivity contribution is 0.660. The Labute approximate surface area is 365 Å². The monoisotopic (exact) mass is 808 g/mol. The van der Waals surface area contributed by atoms with Crippen LogP contribution in [0.1, 0.15) is 25.0 Å². The van der Waals surface area contributed by atoms with Crippen molar-refractivity contribution in [1.82, 2.24) is 15.0 Å². The Balaban J connectivity index is 1.02. The Bertz CT molecular complexity index is 3530. The quantitative estimate of drug-likeness (QED) is 0.160. The van der Waals surface area contributed by atoms with E-state index in [1.807, 2.05) is 42.5 Å². The van der Waals surface area contributed by atoms with Crippen LogP contribution in [0.4, 0.5) is 17.1 Å². The zero-order valence-corrected chi connectivity index (χ0v) is 34.8. The molecule has 0 saturated heterocycles. The molecule has 2 heterocycles. The van der Waals surface area contributed by atoms with Gasteiger partial charge in [0, 0.05) is 49.9 Å². The summed E-state index contributed by atoms with van der Waals surface area (Å²) in [6, 6.07) is 72.6. The fraction of sp³-hybridized carbons (Fsp3) is 0.0517. The third-order valence-corrected chi connectivity index (χ3v) is 12.7. The molecule has 2 aromatic heterocycles. The minimum absolute atomic E-state index is 0.117. The molecule has 0 spiro atoms. The predicted octanol–water partition coefficient (Wildman–Crippen LogP) is 15.4. The van der Waals surface area contributed by atoms with Gasteiger partial charge in [0.25, 0.3) is 0 Å². The first-order chi connectivity index (χ1) is 31.0. The summed E-state index contributed by atoms with van der Waals surface area (Å²) in [6.45, 7) is 4.67. The van der Waals surface area contributed by atoms with E-state index in [4.69, 9.17) is 19.4 Å². The van der Waals surface area contributed by atoms with Gasteiger partial charge in [-0.05, 0) is 98.8 Å². The number of hydrogen-bond acceptors (Lipinski definition) is 5. The molecule has 0 radical (unpaired) electrons. The van der Waals surface area contributed by atoms with Crippen molar-refractivity contribution < 1.29 is 4.42 Å². The van der Waals surface area contributed by atoms with Crippen molar-refractivity contribution in [2.45, 2.75) is 19.3 Å². The number of fused-ring (bicyclic) bond motifs is 7. The summed E-state index contributed by atoms with van der Waals surface area (Å²) >= 11 is 0. The predicted molar refractivity (Wildman–Crippen MR) is 259 cm³/mol. The third kappa shape index (κ3) is 6.12. The maximum Gasteiger partial charge on any atom is 0.164 e. The Morgan fingerprint density at radius 3 is 1.81 bits per heavy atom. The molecule has 1 aliphatic rings. The van der Waals surface area contributed by atoms with Crippen molar-refractivity contribution in [1.29, 1.82) is 0 Å². The molecule has 0 amide bonds. The number of nitrogens with zero attached hydrogens (tertiary/aromatic N) is 4. The largest absolute Gasteiger partial charge is 0.456 e. The van der Waals surface area contributed by atoms with Crippen LogP contribution in [0.15, 0.2) is 211 Å². The van der Waals surface area contributed by atoms with Gasteiger partial charge in [-0.1, -0.05) is 166 Å². The number of hydrogen-bond donors (Lipinski definition) is 0. The van der Waals surface area contributed by atoms with Gasteiger partial charge in [-0.15, -0.1) is 0 Å². The first kappa shape index (κ1) is 36.7. The maximum atomic E-state index is 6.64. The molecule has 0 unspecified atom stereocenters. The van der Waals surface area contributed by atoms with Gasteiger partial charge in [-0.2, -0.15) is 0 Å². The van der Waals surface area contributed by atoms with Gasteiger partial charge < -0.3 is 9.32 Å². The molecule has 0 aliphatic heterocycles. The van der Waals surface area contributed by atoms with Gasteiger partial charge in [0.05, 0.1) is 0 Å². The molecule has 0 saturated carbocycles. The van der Waals surface area contributed by atoms with Crippen molar-refractivity contribution in [2.24, 2.45) is 0 Å². The first-order valence-electron chi connectivity index (χ1n) is 21.4. The average Bonchev–Trinajstić information content (AvgIpc) is 3.83. The van der Waals surface area contributed by atoms with Crippen LogP contribution in [0.5, 0.6) is 0 Å². The van der Waals surface area contributed by atoms with Crippen molar-refractivity contribution in [2.75, 3.05) is 4.90 Å². The molecule has 11 aromatic rings. The standard InChI is InChI=1S/C58H40N4O/c1-58(2)50-26-13-11-23-45(50)46-33-32-43(36-51(46)58)62(41-20-7-4-8-21-41)42-30-28-38(29-31-42)49-34-40(35-53-54(49)48-24-12-14-27-52(48)63-53)56-59-55(39-17-5-3-6-18-39)60-57(61-56)47-25-15-19-37-16-9-10-22-44(37)47/h3-36H,1-2H3. The number of aromatic nitrogens is 3. The summed E-state index contributed by atoms with van der Waals surface area (Å²) in [4.78, 5) is 17.8. The number of para-hydroxylation sites is 2. The number of anilines is 3. The number of rotatable bonds is 7. The zero-order chi connectivity index (χ0) is 42.1. The normalized spacial score (nSPS) is 12.7. The van der Waals surface area contributed by atoms with Crippen molar-refractivity contribution in [3.63, 3.8) is 0 Å². The summed E-state index contributed by atoms with van der Waals surface area (Å²) in [7, 11) is 0. The van der Waals surface area contributed by atoms with Gasteiger partial charge in [-0.25, -0.2) is 15.0 Å². The Morgan fingerprint density at radius 1 is 0.381 bits per heavy atom. The second-order valence-corrected chi connectivity index (χ2v) is 16.8. The van der Waals surface area contributed by atoms with E-state index in [-0.39, 0.29) is 5.41 Å². The molecule has 0 bridgehead atoms. The minimum atomic E-state index is -0.117. The van der Waals surface area contributed by atoms with Crippen LogP contribution in [0.25, 0.3) is 89.1 Å². The van der Waals surface area contributed by atoms with Gasteiger partial charge >= 0.3 is 0 Å². The Morgan fingerprint density at radius 2 is 0.984 bits per heavy atom. The van der Waals surface area contributed by atoms with Crippen LogP contribution >= 0.6 is 0 Å². The molecule has 1 aliphatic carbocycles. The second kappa shape index (κ2) is 14.5. The molecule has 5 nitrogen and oxygen atoms in total. The average molecular weight is 809 g/mol. The van der Waals surface area contributed by atoms with Gasteiger partial charge in [0.15, 0.2) is 17.5 Å². The van der Waals surface area contributed by atoms with Crippen LogP contribution < -0.4 is 4.90 Å². The summed E-state index contributed by atoms with van der Waals surface area (Å²) in [5.74, 6) is 1.80. The highest BCUT2D eigenvalue weighted by atomic mass is 16.3. The lowest BCUT2D eigenvalue weighted by Gasteiger charge is -2.28. The maximum absolute atomic E-state index is 6.64. The van der Waals surface area contributed by atoms with Gasteiger partial charge in [-0.3, -0.25) is 0 Å². The number of furan rings is 1. The smallest absolute Gasteiger partial charge is 0.164 e. The minimum Gasteiger partial charge on any atom is -0.456 e. The van der Waals surface area contributed by atoms with E-state index in [1.54, 1.807) is 0 Å². The van der Waals surface area contributed by atoms with E-state index in [0.29, 0.717) is 17.5 Å². The molecule has 0 N–H and O–H groups in total. The fourth-order valence-electron chi connectivity index (χ4n) is 9.62. The molecule has 0 atom stereocenters. The van der Waals surface area contributed by atoms with Gasteiger partial charge in [0.2, 0.25) is 0 Å². The fourth-order valence-corrected chi connectivity index (χ4v) is 9.62. The molecule has 12 rings (SSSR count). The van der Waals surface area contributed by atoms with Crippen molar-refractivity contribution >= 4 is 49.8 Å². The molecule has 5 heteroatoms. The lowest BCUT2D eigenvalue weighted by Crippen LogP contribution is -2.16. The van der Waals surface area contributed by atoms with Crippen LogP contribution in [-0.4, -0.2) is 15.0 Å². The lowest BCUT2D eigenvalue weighted by atomic mass is 9.82. The third-order valence-electron chi connectivity index (χ3n) is 12.7. The van der Waals surface area contributed by atoms with E-state index >= 15 is 0 Å². The summed E-state index contributed by atoms with van der Waals surface area (Å²) in [5, 5.41) is 4.32. The summed E-state index contributed by atoms with van der Waals surface area (Å²) in [6.07, 6.45) is 0. The highest BCUT2D eigenvalue weighted by molar-refractivity contribution is 6.13. The van der Waals surface area contributed by atoms with Crippen LogP contribution in [0.2, 0.25) is 0 Å². The van der Waals surface area contributed by atoms with E-state index in [9.17, 15) is 0 Å². The number of benzene rings is 9. The summed E-state index contributed by atoms with van der Waals surface area (Å²) < 4.78 is 6.64. The van der Waals surface area contributed by atoms with E-state index in [0.717, 1.165) is 77.6 Å². The topological polar surface area (TPSA) is 55.1 Å². The Hall–Kier alpha value is -8.15. The SMILES string of the molecule is CC1(C)c2ccccc2-c2ccc(N(c3ccccc3)c3ccc(-c4cc(-c5nc(-c6ccccc6)nc(-c6cccc7ccccc67)n5)cc5oc6ccccc6c45)cc3)cc21. The highest BCUT2D eigenvalue weighted by Crippen LogP contribution is 2.51. The molecule has 298 valence electrons. The van der Waals surface area contributed by atoms with Crippen LogP contribution in [0, 0.1) is 0 Å². The van der Waals surface area contributed by atoms with Crippen molar-refractivity contribution in [3.05, 3.63) is 217 Å². The first-order valence-corrected chi connectivity index (χ1v) is 21.4. The zero-order valence-electron chi connectivity index (χ0n) is 34.8. The van der Waals surface area contributed by atoms with E-state index in [1.165, 1.54) is 22.3 Å². The molecular formula is C58H40N4O. The molecular weight excluding hydrogens is 769 g/mol. The second-order valence-electron chi connectivity index (χ2n) is 16.8. The Kier molecular flexibility index (Phi) is 8.44. The highest BCUT2D eigenvalue weighted by Gasteiger charge is 2.35. The van der Waals surface area contributed by atoms with E-state index < -0.39 is 0 Å². The van der Waals surface area contributed by atoms with Crippen LogP contribution in [-0.2, 0) is 5.41 Å². The van der Waals surface area contributed by atoms with Crippen molar-refractivity contribution in [3.8, 4) is 56.4 Å². The molecule has 9 aromatic carbocycles. The van der Waals surface area contributed by atoms with Crippen LogP contribution in [0.3, 0.4) is 0 Å². The van der Waals surface area contributed by atoms with E-state index in [2.05, 4.69) is 183 Å².